The highest BCUT2D eigenvalue weighted by molar-refractivity contribution is 8.93. The molecule has 0 aliphatic rings. The number of hydrogen-bond donors (Lipinski definition) is 2. The van der Waals surface area contributed by atoms with Crippen molar-refractivity contribution in [3.63, 3.8) is 0 Å². The summed E-state index contributed by atoms with van der Waals surface area (Å²) < 4.78 is 1.52. The summed E-state index contributed by atoms with van der Waals surface area (Å²) in [5.74, 6) is 0. The molecular formula is C6H12BrN3OS. The molecule has 4 nitrogen and oxygen atoms in total. The quantitative estimate of drug-likeness (QED) is 0.827. The van der Waals surface area contributed by atoms with E-state index in [4.69, 9.17) is 10.5 Å². The predicted molar refractivity (Wildman–Crippen MR) is 52.7 cm³/mol. The minimum atomic E-state index is 0. The lowest BCUT2D eigenvalue weighted by molar-refractivity contribution is 0.266. The lowest BCUT2D eigenvalue weighted by atomic mass is 10.5. The van der Waals surface area contributed by atoms with Gasteiger partial charge in [0.1, 0.15) is 5.01 Å². The highest BCUT2D eigenvalue weighted by atomic mass is 79.9. The molecule has 1 aromatic heterocycles. The zero-order valence-corrected chi connectivity index (χ0v) is 9.31. The third-order valence-corrected chi connectivity index (χ3v) is 2.31. The molecule has 0 aliphatic carbocycles. The second-order valence-electron chi connectivity index (χ2n) is 2.10. The summed E-state index contributed by atoms with van der Waals surface area (Å²) in [4.78, 5) is 0.413. The molecule has 12 heavy (non-hydrogen) atoms. The van der Waals surface area contributed by atoms with Gasteiger partial charge >= 0.3 is 0 Å². The Kier molecular flexibility index (Phi) is 5.36. The number of aromatic nitrogens is 2. The third kappa shape index (κ3) is 2.69. The van der Waals surface area contributed by atoms with Crippen molar-refractivity contribution in [2.24, 2.45) is 0 Å². The van der Waals surface area contributed by atoms with Gasteiger partial charge in [-0.15, -0.1) is 17.0 Å². The van der Waals surface area contributed by atoms with E-state index in [1.54, 1.807) is 0 Å². The fraction of sp³-hybridized carbons (Fsp3) is 0.667. The molecule has 0 spiro atoms. The van der Waals surface area contributed by atoms with Crippen LogP contribution in [0.25, 0.3) is 0 Å². The Morgan fingerprint density at radius 1 is 1.67 bits per heavy atom. The van der Waals surface area contributed by atoms with Gasteiger partial charge in [0.15, 0.2) is 4.80 Å². The Labute approximate surface area is 85.1 Å². The van der Waals surface area contributed by atoms with Crippen molar-refractivity contribution in [1.29, 1.82) is 5.41 Å². The molecule has 0 aromatic carbocycles. The maximum absolute atomic E-state index is 8.59. The molecule has 0 radical (unpaired) electrons. The third-order valence-electron chi connectivity index (χ3n) is 1.30. The number of aryl methyl sites for hydroxylation is 1. The van der Waals surface area contributed by atoms with E-state index in [1.165, 1.54) is 16.0 Å². The molecule has 0 amide bonds. The van der Waals surface area contributed by atoms with Crippen molar-refractivity contribution in [1.82, 2.24) is 9.78 Å². The number of rotatable bonds is 3. The molecule has 0 fully saturated rings. The molecule has 0 atom stereocenters. The first-order valence-corrected chi connectivity index (χ1v) is 4.32. The minimum absolute atomic E-state index is 0. The normalized spacial score (nSPS) is 9.50. The smallest absolute Gasteiger partial charge is 0.200 e. The van der Waals surface area contributed by atoms with Crippen LogP contribution in [0.15, 0.2) is 0 Å². The van der Waals surface area contributed by atoms with E-state index in [-0.39, 0.29) is 23.6 Å². The van der Waals surface area contributed by atoms with Crippen LogP contribution in [0.1, 0.15) is 11.9 Å². The van der Waals surface area contributed by atoms with Crippen molar-refractivity contribution in [3.8, 4) is 0 Å². The summed E-state index contributed by atoms with van der Waals surface area (Å²) in [6.45, 7) is 2.47. The van der Waals surface area contributed by atoms with Crippen LogP contribution in [0.4, 0.5) is 0 Å². The van der Waals surface area contributed by atoms with Gasteiger partial charge < -0.3 is 5.11 Å². The van der Waals surface area contributed by atoms with E-state index in [2.05, 4.69) is 5.10 Å². The SMILES string of the molecule is Br.CCc1nn(CCO)c(=N)s1. The van der Waals surface area contributed by atoms with Crippen LogP contribution in [-0.2, 0) is 13.0 Å². The Morgan fingerprint density at radius 3 is 2.75 bits per heavy atom. The fourth-order valence-corrected chi connectivity index (χ4v) is 1.50. The summed E-state index contributed by atoms with van der Waals surface area (Å²) in [6, 6.07) is 0. The lowest BCUT2D eigenvalue weighted by Gasteiger charge is -1.93. The number of nitrogens with one attached hydrogen (secondary N) is 1. The minimum Gasteiger partial charge on any atom is -0.394 e. The summed E-state index contributed by atoms with van der Waals surface area (Å²) in [7, 11) is 0. The second kappa shape index (κ2) is 5.45. The molecule has 6 heteroatoms. The zero-order valence-electron chi connectivity index (χ0n) is 6.78. The Bertz CT molecular complexity index is 283. The number of halogens is 1. The van der Waals surface area contributed by atoms with E-state index < -0.39 is 0 Å². The van der Waals surface area contributed by atoms with Crippen molar-refractivity contribution < 1.29 is 5.11 Å². The Hall–Kier alpha value is -0.200. The first-order chi connectivity index (χ1) is 5.27. The molecule has 0 saturated heterocycles. The number of aliphatic hydroxyl groups excluding tert-OH is 1. The zero-order chi connectivity index (χ0) is 8.27. The average Bonchev–Trinajstić information content (AvgIpc) is 2.33. The van der Waals surface area contributed by atoms with E-state index >= 15 is 0 Å². The first kappa shape index (κ1) is 11.8. The number of hydrogen-bond acceptors (Lipinski definition) is 4. The maximum atomic E-state index is 8.59. The van der Waals surface area contributed by atoms with Gasteiger partial charge in [-0.1, -0.05) is 18.3 Å². The van der Waals surface area contributed by atoms with Crippen LogP contribution in [-0.4, -0.2) is 21.5 Å². The van der Waals surface area contributed by atoms with E-state index in [9.17, 15) is 0 Å². The molecule has 0 aliphatic heterocycles. The molecule has 70 valence electrons. The number of nitrogens with zero attached hydrogens (tertiary/aromatic N) is 2. The Balaban J connectivity index is 0.00000121. The predicted octanol–water partition coefficient (Wildman–Crippen LogP) is 0.557. The largest absolute Gasteiger partial charge is 0.394 e. The van der Waals surface area contributed by atoms with Crippen LogP contribution >= 0.6 is 28.3 Å². The van der Waals surface area contributed by atoms with Crippen LogP contribution in [0.2, 0.25) is 0 Å². The first-order valence-electron chi connectivity index (χ1n) is 3.50. The highest BCUT2D eigenvalue weighted by Gasteiger charge is 1.99. The molecule has 1 rings (SSSR count). The van der Waals surface area contributed by atoms with Gasteiger partial charge in [0.25, 0.3) is 0 Å². The van der Waals surface area contributed by atoms with Crippen molar-refractivity contribution in [2.45, 2.75) is 19.9 Å². The summed E-state index contributed by atoms with van der Waals surface area (Å²) in [5.41, 5.74) is 0. The molecule has 1 aromatic rings. The van der Waals surface area contributed by atoms with Gasteiger partial charge in [0.2, 0.25) is 0 Å². The van der Waals surface area contributed by atoms with Gasteiger partial charge in [0.05, 0.1) is 13.2 Å². The van der Waals surface area contributed by atoms with Crippen LogP contribution < -0.4 is 4.80 Å². The van der Waals surface area contributed by atoms with Crippen LogP contribution in [0, 0.1) is 5.41 Å². The molecule has 1 heterocycles. The van der Waals surface area contributed by atoms with E-state index in [0.717, 1.165) is 11.4 Å². The summed E-state index contributed by atoms with van der Waals surface area (Å²) in [6.07, 6.45) is 0.856. The Morgan fingerprint density at radius 2 is 2.33 bits per heavy atom. The van der Waals surface area contributed by atoms with Crippen molar-refractivity contribution >= 4 is 28.3 Å². The summed E-state index contributed by atoms with van der Waals surface area (Å²) >= 11 is 1.36. The standard InChI is InChI=1S/C6H11N3OS.BrH/c1-2-5-8-9(3-4-10)6(7)11-5;/h7,10H,2-4H2,1H3;1H. The molecule has 0 bridgehead atoms. The van der Waals surface area contributed by atoms with E-state index in [0.29, 0.717) is 11.3 Å². The molecule has 0 saturated carbocycles. The van der Waals surface area contributed by atoms with Gasteiger partial charge in [-0.05, 0) is 6.42 Å². The van der Waals surface area contributed by atoms with Gasteiger partial charge in [-0.3, -0.25) is 5.41 Å². The second-order valence-corrected chi connectivity index (χ2v) is 3.16. The van der Waals surface area contributed by atoms with Gasteiger partial charge in [-0.25, -0.2) is 4.68 Å². The lowest BCUT2D eigenvalue weighted by Crippen LogP contribution is -2.16. The van der Waals surface area contributed by atoms with Gasteiger partial charge in [0, 0.05) is 0 Å². The topological polar surface area (TPSA) is 61.9 Å². The van der Waals surface area contributed by atoms with E-state index in [1.807, 2.05) is 6.92 Å². The average molecular weight is 254 g/mol. The summed E-state index contributed by atoms with van der Waals surface area (Å²) in [5, 5.41) is 21.0. The molecule has 0 unspecified atom stereocenters. The fourth-order valence-electron chi connectivity index (χ4n) is 0.754. The van der Waals surface area contributed by atoms with Crippen molar-refractivity contribution in [2.75, 3.05) is 6.61 Å². The van der Waals surface area contributed by atoms with Crippen LogP contribution in [0.5, 0.6) is 0 Å². The molecular weight excluding hydrogens is 242 g/mol. The molecule has 2 N–H and O–H groups in total. The maximum Gasteiger partial charge on any atom is 0.200 e. The van der Waals surface area contributed by atoms with Crippen molar-refractivity contribution in [3.05, 3.63) is 9.81 Å². The highest BCUT2D eigenvalue weighted by Crippen LogP contribution is 1.97. The number of aliphatic hydroxyl groups is 1. The van der Waals surface area contributed by atoms with Crippen LogP contribution in [0.3, 0.4) is 0 Å². The van der Waals surface area contributed by atoms with Gasteiger partial charge in [-0.2, -0.15) is 5.10 Å². The monoisotopic (exact) mass is 253 g/mol.